The van der Waals surface area contributed by atoms with E-state index < -0.39 is 18.3 Å². The van der Waals surface area contributed by atoms with E-state index in [0.29, 0.717) is 31.1 Å². The maximum Gasteiger partial charge on any atom is 0.0596 e. The second-order valence-corrected chi connectivity index (χ2v) is 11.4. The third kappa shape index (κ3) is 8.52. The van der Waals surface area contributed by atoms with E-state index >= 15 is 0 Å². The summed E-state index contributed by atoms with van der Waals surface area (Å²) in [7, 11) is 0. The summed E-state index contributed by atoms with van der Waals surface area (Å²) in [6.45, 7) is 0. The molecule has 4 fully saturated rings. The molecule has 0 aliphatic heterocycles. The van der Waals surface area contributed by atoms with Gasteiger partial charge in [0.15, 0.2) is 0 Å². The zero-order valence-electron chi connectivity index (χ0n) is 19.8. The van der Waals surface area contributed by atoms with Crippen molar-refractivity contribution in [1.82, 2.24) is 0 Å². The largest absolute Gasteiger partial charge is 0.393 e. The summed E-state index contributed by atoms with van der Waals surface area (Å²) < 4.78 is 0. The third-order valence-electron chi connectivity index (χ3n) is 8.65. The summed E-state index contributed by atoms with van der Waals surface area (Å²) in [5.74, 6) is 2.43. The molecule has 6 heteroatoms. The standard InChI is InChI=1S/C20H36O3.C6H12O3/c21-18-8-4-14(5-9-18)12-16-2-1-3-17(20(16)23)13-15-6-10-19(22)11-7-15;7-4-1-5(8)3-6(9)2-4/h14-23H,1-13H2;4-9H,1-3H2. The quantitative estimate of drug-likeness (QED) is 0.387. The van der Waals surface area contributed by atoms with E-state index in [-0.39, 0.29) is 18.3 Å². The summed E-state index contributed by atoms with van der Waals surface area (Å²) in [6.07, 6.45) is 13.9. The van der Waals surface area contributed by atoms with Crippen molar-refractivity contribution in [3.8, 4) is 0 Å². The average Bonchev–Trinajstić information content (AvgIpc) is 2.74. The fourth-order valence-electron chi connectivity index (χ4n) is 6.73. The van der Waals surface area contributed by atoms with Gasteiger partial charge in [-0.2, -0.15) is 0 Å². The van der Waals surface area contributed by atoms with Gasteiger partial charge in [-0.05, 0) is 120 Å². The van der Waals surface area contributed by atoms with Crippen LogP contribution in [-0.4, -0.2) is 67.3 Å². The van der Waals surface area contributed by atoms with E-state index in [1.165, 1.54) is 32.1 Å². The third-order valence-corrected chi connectivity index (χ3v) is 8.65. The number of hydrogen-bond acceptors (Lipinski definition) is 6. The van der Waals surface area contributed by atoms with Gasteiger partial charge in [0.1, 0.15) is 0 Å². The van der Waals surface area contributed by atoms with Crippen molar-refractivity contribution in [2.24, 2.45) is 23.7 Å². The van der Waals surface area contributed by atoms with Gasteiger partial charge in [-0.1, -0.05) is 6.42 Å². The van der Waals surface area contributed by atoms with Crippen molar-refractivity contribution in [3.63, 3.8) is 0 Å². The Balaban J connectivity index is 0.000000269. The van der Waals surface area contributed by atoms with E-state index in [4.69, 9.17) is 15.3 Å². The van der Waals surface area contributed by atoms with Gasteiger partial charge < -0.3 is 30.6 Å². The monoisotopic (exact) mass is 456 g/mol. The van der Waals surface area contributed by atoms with Gasteiger partial charge in [-0.15, -0.1) is 0 Å². The predicted molar refractivity (Wildman–Crippen MR) is 124 cm³/mol. The minimum atomic E-state index is -0.510. The van der Waals surface area contributed by atoms with Crippen LogP contribution in [0.3, 0.4) is 0 Å². The highest BCUT2D eigenvalue weighted by molar-refractivity contribution is 4.87. The second kappa shape index (κ2) is 13.0. The predicted octanol–water partition coefficient (Wildman–Crippen LogP) is 2.90. The molecule has 0 bridgehead atoms. The molecule has 0 aromatic heterocycles. The summed E-state index contributed by atoms with van der Waals surface area (Å²) in [4.78, 5) is 0. The molecule has 0 heterocycles. The van der Waals surface area contributed by atoms with Crippen LogP contribution in [0.4, 0.5) is 0 Å². The molecule has 4 rings (SSSR count). The van der Waals surface area contributed by atoms with Crippen LogP contribution in [0, 0.1) is 23.7 Å². The topological polar surface area (TPSA) is 121 Å². The number of hydrogen-bond donors (Lipinski definition) is 6. The highest BCUT2D eigenvalue weighted by Gasteiger charge is 2.35. The normalized spacial score (nSPS) is 45.6. The molecule has 0 saturated heterocycles. The molecule has 4 aliphatic rings. The smallest absolute Gasteiger partial charge is 0.0596 e. The van der Waals surface area contributed by atoms with E-state index in [0.717, 1.165) is 63.2 Å². The minimum Gasteiger partial charge on any atom is -0.393 e. The van der Waals surface area contributed by atoms with Gasteiger partial charge in [0.2, 0.25) is 0 Å². The van der Waals surface area contributed by atoms with Gasteiger partial charge in [-0.3, -0.25) is 0 Å². The summed E-state index contributed by atoms with van der Waals surface area (Å²) >= 11 is 0. The lowest BCUT2D eigenvalue weighted by molar-refractivity contribution is -0.0247. The van der Waals surface area contributed by atoms with E-state index in [1.54, 1.807) is 0 Å². The first-order chi connectivity index (χ1) is 15.3. The van der Waals surface area contributed by atoms with Crippen molar-refractivity contribution in [2.45, 2.75) is 139 Å². The molecule has 2 unspecified atom stereocenters. The molecule has 188 valence electrons. The Labute approximate surface area is 194 Å². The summed E-state index contributed by atoms with van der Waals surface area (Å²) in [5.41, 5.74) is 0. The Morgan fingerprint density at radius 2 is 0.750 bits per heavy atom. The molecule has 6 N–H and O–H groups in total. The molecule has 32 heavy (non-hydrogen) atoms. The second-order valence-electron chi connectivity index (χ2n) is 11.4. The fraction of sp³-hybridized carbons (Fsp3) is 1.00. The molecule has 4 aliphatic carbocycles. The lowest BCUT2D eigenvalue weighted by atomic mass is 9.69. The first-order valence-electron chi connectivity index (χ1n) is 13.4. The lowest BCUT2D eigenvalue weighted by Crippen LogP contribution is -2.36. The Hall–Kier alpha value is -0.240. The molecule has 0 spiro atoms. The van der Waals surface area contributed by atoms with Crippen molar-refractivity contribution in [2.75, 3.05) is 0 Å². The lowest BCUT2D eigenvalue weighted by Gasteiger charge is -2.39. The van der Waals surface area contributed by atoms with E-state index in [9.17, 15) is 15.3 Å². The Kier molecular flexibility index (Phi) is 10.7. The molecule has 0 aromatic carbocycles. The molecule has 0 aromatic rings. The maximum absolute atomic E-state index is 10.9. The molecule has 0 radical (unpaired) electrons. The van der Waals surface area contributed by atoms with E-state index in [1.807, 2.05) is 0 Å². The van der Waals surface area contributed by atoms with Crippen LogP contribution in [0.2, 0.25) is 0 Å². The van der Waals surface area contributed by atoms with Crippen molar-refractivity contribution >= 4 is 0 Å². The number of aliphatic hydroxyl groups excluding tert-OH is 6. The van der Waals surface area contributed by atoms with Gasteiger partial charge in [-0.25, -0.2) is 0 Å². The summed E-state index contributed by atoms with van der Waals surface area (Å²) in [5, 5.41) is 57.0. The molecular weight excluding hydrogens is 408 g/mol. The molecule has 4 saturated carbocycles. The van der Waals surface area contributed by atoms with Gasteiger partial charge in [0.05, 0.1) is 36.6 Å². The highest BCUT2D eigenvalue weighted by Crippen LogP contribution is 2.41. The summed E-state index contributed by atoms with van der Waals surface area (Å²) in [6, 6.07) is 0. The fourth-order valence-corrected chi connectivity index (χ4v) is 6.73. The van der Waals surface area contributed by atoms with Crippen LogP contribution in [0.1, 0.15) is 103 Å². The van der Waals surface area contributed by atoms with Gasteiger partial charge in [0.25, 0.3) is 0 Å². The maximum atomic E-state index is 10.9. The van der Waals surface area contributed by atoms with Crippen molar-refractivity contribution in [1.29, 1.82) is 0 Å². The minimum absolute atomic E-state index is 0.0723. The molecular formula is C26H48O6. The Bertz CT molecular complexity index is 457. The van der Waals surface area contributed by atoms with Crippen LogP contribution in [-0.2, 0) is 0 Å². The number of aliphatic hydroxyl groups is 6. The highest BCUT2D eigenvalue weighted by atomic mass is 16.3. The first-order valence-corrected chi connectivity index (χ1v) is 13.4. The van der Waals surface area contributed by atoms with Crippen LogP contribution in [0.15, 0.2) is 0 Å². The Morgan fingerprint density at radius 1 is 0.406 bits per heavy atom. The van der Waals surface area contributed by atoms with Crippen molar-refractivity contribution in [3.05, 3.63) is 0 Å². The van der Waals surface area contributed by atoms with Crippen LogP contribution >= 0.6 is 0 Å². The van der Waals surface area contributed by atoms with Gasteiger partial charge >= 0.3 is 0 Å². The SMILES string of the molecule is OC1CC(O)CC(O)C1.OC1CCC(CC2CCCC(CC3CCC(O)CC3)C2O)CC1. The molecule has 0 amide bonds. The first kappa shape index (κ1) is 26.4. The van der Waals surface area contributed by atoms with Gasteiger partial charge in [0, 0.05) is 0 Å². The average molecular weight is 457 g/mol. The Morgan fingerprint density at radius 3 is 1.09 bits per heavy atom. The van der Waals surface area contributed by atoms with Crippen LogP contribution < -0.4 is 0 Å². The molecule has 6 nitrogen and oxygen atoms in total. The van der Waals surface area contributed by atoms with Crippen molar-refractivity contribution < 1.29 is 30.6 Å². The van der Waals surface area contributed by atoms with Crippen LogP contribution in [0.5, 0.6) is 0 Å². The number of rotatable bonds is 4. The van der Waals surface area contributed by atoms with E-state index in [2.05, 4.69) is 0 Å². The molecule has 2 atom stereocenters. The van der Waals surface area contributed by atoms with Crippen LogP contribution in [0.25, 0.3) is 0 Å². The zero-order chi connectivity index (χ0) is 23.1. The zero-order valence-corrected chi connectivity index (χ0v) is 19.8.